The van der Waals surface area contributed by atoms with Crippen molar-refractivity contribution in [2.24, 2.45) is 0 Å². The molecule has 3 rings (SSSR count). The van der Waals surface area contributed by atoms with Crippen LogP contribution in [0, 0.1) is 0 Å². The first-order valence-electron chi connectivity index (χ1n) is 6.43. The molecule has 1 aliphatic heterocycles. The van der Waals surface area contributed by atoms with E-state index >= 15 is 0 Å². The van der Waals surface area contributed by atoms with Crippen LogP contribution in [0.1, 0.15) is 15.2 Å². The van der Waals surface area contributed by atoms with Crippen molar-refractivity contribution in [1.29, 1.82) is 0 Å². The summed E-state index contributed by atoms with van der Waals surface area (Å²) in [5.41, 5.74) is 6.83. The minimum Gasteiger partial charge on any atom is -0.486 e. The second-order valence-electron chi connectivity index (χ2n) is 4.39. The van der Waals surface area contributed by atoms with E-state index in [1.165, 1.54) is 11.3 Å². The summed E-state index contributed by atoms with van der Waals surface area (Å²) in [6.45, 7) is 5.00. The zero-order valence-corrected chi connectivity index (χ0v) is 12.0. The summed E-state index contributed by atoms with van der Waals surface area (Å²) in [6, 6.07) is 9.11. The van der Waals surface area contributed by atoms with Crippen molar-refractivity contribution in [2.75, 3.05) is 13.2 Å². The average molecular weight is 302 g/mol. The maximum absolute atomic E-state index is 11.8. The van der Waals surface area contributed by atoms with Gasteiger partial charge in [0.25, 0.3) is 5.91 Å². The standard InChI is InChI=1S/C15H14N2O3S/c1-10(16-17-15(18)14-3-2-8-21-14)11-4-5-12-13(9-11)20-7-6-19-12/h2-5,8-9,16H,1,6-7H2,(H,17,18). The first kappa shape index (κ1) is 13.5. The third kappa shape index (κ3) is 3.00. The average Bonchev–Trinajstić information content (AvgIpc) is 3.06. The predicted molar refractivity (Wildman–Crippen MR) is 81.4 cm³/mol. The Morgan fingerprint density at radius 2 is 1.95 bits per heavy atom. The second kappa shape index (κ2) is 5.88. The van der Waals surface area contributed by atoms with Gasteiger partial charge in [0.15, 0.2) is 11.5 Å². The Labute approximate surface area is 126 Å². The van der Waals surface area contributed by atoms with Gasteiger partial charge in [-0.05, 0) is 29.6 Å². The Kier molecular flexibility index (Phi) is 3.79. The Morgan fingerprint density at radius 3 is 2.71 bits per heavy atom. The quantitative estimate of drug-likeness (QED) is 0.852. The third-order valence-corrected chi connectivity index (χ3v) is 3.83. The molecule has 0 spiro atoms. The molecule has 0 aliphatic carbocycles. The van der Waals surface area contributed by atoms with Crippen molar-refractivity contribution in [2.45, 2.75) is 0 Å². The molecule has 0 atom stereocenters. The first-order chi connectivity index (χ1) is 10.2. The molecule has 0 radical (unpaired) electrons. The number of rotatable bonds is 4. The van der Waals surface area contributed by atoms with Gasteiger partial charge in [0.2, 0.25) is 0 Å². The summed E-state index contributed by atoms with van der Waals surface area (Å²) in [7, 11) is 0. The van der Waals surface area contributed by atoms with Crippen LogP contribution in [-0.2, 0) is 0 Å². The molecule has 1 aromatic carbocycles. The molecule has 2 aromatic rings. The number of ether oxygens (including phenoxy) is 2. The number of amides is 1. The fourth-order valence-electron chi connectivity index (χ4n) is 1.90. The number of hydrogen-bond acceptors (Lipinski definition) is 5. The van der Waals surface area contributed by atoms with E-state index < -0.39 is 0 Å². The lowest BCUT2D eigenvalue weighted by atomic mass is 10.1. The normalized spacial score (nSPS) is 12.6. The topological polar surface area (TPSA) is 59.6 Å². The van der Waals surface area contributed by atoms with Crippen LogP contribution in [0.15, 0.2) is 42.3 Å². The number of nitrogens with one attached hydrogen (secondary N) is 2. The highest BCUT2D eigenvalue weighted by atomic mass is 32.1. The van der Waals surface area contributed by atoms with Crippen LogP contribution >= 0.6 is 11.3 Å². The van der Waals surface area contributed by atoms with Crippen LogP contribution in [0.5, 0.6) is 11.5 Å². The SMILES string of the molecule is C=C(NNC(=O)c1cccs1)c1ccc2c(c1)OCCO2. The van der Waals surface area contributed by atoms with Gasteiger partial charge in [-0.25, -0.2) is 0 Å². The van der Waals surface area contributed by atoms with Gasteiger partial charge in [0.1, 0.15) is 13.2 Å². The third-order valence-electron chi connectivity index (χ3n) is 2.96. The number of thiophene rings is 1. The summed E-state index contributed by atoms with van der Waals surface area (Å²) in [6.07, 6.45) is 0. The summed E-state index contributed by atoms with van der Waals surface area (Å²) in [5, 5.41) is 1.85. The van der Waals surface area contributed by atoms with E-state index in [-0.39, 0.29) is 5.91 Å². The lowest BCUT2D eigenvalue weighted by Crippen LogP contribution is -2.35. The van der Waals surface area contributed by atoms with Gasteiger partial charge < -0.3 is 9.47 Å². The highest BCUT2D eigenvalue weighted by Gasteiger charge is 2.13. The second-order valence-corrected chi connectivity index (χ2v) is 5.34. The van der Waals surface area contributed by atoms with Gasteiger partial charge in [-0.2, -0.15) is 0 Å². The molecular formula is C15H14N2O3S. The van der Waals surface area contributed by atoms with Crippen LogP contribution in [0.2, 0.25) is 0 Å². The van der Waals surface area contributed by atoms with Gasteiger partial charge in [0.05, 0.1) is 10.6 Å². The molecule has 2 heterocycles. The molecule has 1 aromatic heterocycles. The number of fused-ring (bicyclic) bond motifs is 1. The van der Waals surface area contributed by atoms with E-state index in [0.717, 1.165) is 11.3 Å². The molecule has 21 heavy (non-hydrogen) atoms. The zero-order chi connectivity index (χ0) is 14.7. The molecule has 0 saturated carbocycles. The van der Waals surface area contributed by atoms with E-state index in [9.17, 15) is 4.79 Å². The van der Waals surface area contributed by atoms with Gasteiger partial charge in [-0.1, -0.05) is 12.6 Å². The molecule has 0 saturated heterocycles. The van der Waals surface area contributed by atoms with Gasteiger partial charge in [-0.15, -0.1) is 11.3 Å². The summed E-state index contributed by atoms with van der Waals surface area (Å²) in [4.78, 5) is 12.5. The fraction of sp³-hybridized carbons (Fsp3) is 0.133. The van der Waals surface area contributed by atoms with Gasteiger partial charge in [-0.3, -0.25) is 15.6 Å². The molecule has 0 fully saturated rings. The molecular weight excluding hydrogens is 288 g/mol. The largest absolute Gasteiger partial charge is 0.486 e. The number of benzene rings is 1. The van der Waals surface area contributed by atoms with E-state index in [1.807, 2.05) is 29.6 Å². The summed E-state index contributed by atoms with van der Waals surface area (Å²) < 4.78 is 11.0. The monoisotopic (exact) mass is 302 g/mol. The first-order valence-corrected chi connectivity index (χ1v) is 7.31. The lowest BCUT2D eigenvalue weighted by molar-refractivity contribution is 0.0946. The molecule has 6 heteroatoms. The molecule has 5 nitrogen and oxygen atoms in total. The molecule has 0 bridgehead atoms. The molecule has 1 amide bonds. The summed E-state index contributed by atoms with van der Waals surface area (Å²) in [5.74, 6) is 1.22. The van der Waals surface area contributed by atoms with E-state index in [1.54, 1.807) is 6.07 Å². The van der Waals surface area contributed by atoms with Gasteiger partial charge >= 0.3 is 0 Å². The minimum absolute atomic E-state index is 0.191. The van der Waals surface area contributed by atoms with Crippen LogP contribution in [0.25, 0.3) is 5.70 Å². The molecule has 2 N–H and O–H groups in total. The number of carbonyl (C=O) groups is 1. The number of hydrogen-bond donors (Lipinski definition) is 2. The fourth-order valence-corrected chi connectivity index (χ4v) is 2.52. The van der Waals surface area contributed by atoms with Crippen molar-refractivity contribution in [1.82, 2.24) is 10.9 Å². The van der Waals surface area contributed by atoms with Crippen molar-refractivity contribution in [3.05, 3.63) is 52.7 Å². The Morgan fingerprint density at radius 1 is 1.14 bits per heavy atom. The molecule has 0 unspecified atom stereocenters. The number of carbonyl (C=O) groups excluding carboxylic acids is 1. The minimum atomic E-state index is -0.191. The maximum atomic E-state index is 11.8. The van der Waals surface area contributed by atoms with Crippen LogP contribution < -0.4 is 20.3 Å². The van der Waals surface area contributed by atoms with E-state index in [0.29, 0.717) is 29.5 Å². The van der Waals surface area contributed by atoms with Crippen molar-refractivity contribution < 1.29 is 14.3 Å². The lowest BCUT2D eigenvalue weighted by Gasteiger charge is -2.19. The van der Waals surface area contributed by atoms with Crippen molar-refractivity contribution in [3.8, 4) is 11.5 Å². The van der Waals surface area contributed by atoms with Crippen LogP contribution in [0.3, 0.4) is 0 Å². The smallest absolute Gasteiger partial charge is 0.279 e. The van der Waals surface area contributed by atoms with Gasteiger partial charge in [0, 0.05) is 5.56 Å². The molecule has 108 valence electrons. The highest BCUT2D eigenvalue weighted by Crippen LogP contribution is 2.32. The highest BCUT2D eigenvalue weighted by molar-refractivity contribution is 7.12. The molecule has 1 aliphatic rings. The number of hydrazine groups is 1. The van der Waals surface area contributed by atoms with Crippen molar-refractivity contribution >= 4 is 22.9 Å². The maximum Gasteiger partial charge on any atom is 0.279 e. The van der Waals surface area contributed by atoms with Crippen LogP contribution in [-0.4, -0.2) is 19.1 Å². The zero-order valence-electron chi connectivity index (χ0n) is 11.2. The Balaban J connectivity index is 1.64. The van der Waals surface area contributed by atoms with Crippen LogP contribution in [0.4, 0.5) is 0 Å². The Bertz CT molecular complexity index is 668. The summed E-state index contributed by atoms with van der Waals surface area (Å²) >= 11 is 1.38. The van der Waals surface area contributed by atoms with Crippen molar-refractivity contribution in [3.63, 3.8) is 0 Å². The van der Waals surface area contributed by atoms with E-state index in [2.05, 4.69) is 17.4 Å². The van der Waals surface area contributed by atoms with E-state index in [4.69, 9.17) is 9.47 Å². The Hall–Kier alpha value is -2.47. The predicted octanol–water partition coefficient (Wildman–Crippen LogP) is 2.42.